The van der Waals surface area contributed by atoms with Crippen LogP contribution in [0.2, 0.25) is 0 Å². The van der Waals surface area contributed by atoms with Crippen LogP contribution in [0.5, 0.6) is 5.75 Å². The van der Waals surface area contributed by atoms with Gasteiger partial charge in [-0.3, -0.25) is 0 Å². The molecular formula is C21H23N3O3S. The molecule has 1 aliphatic carbocycles. The van der Waals surface area contributed by atoms with Crippen molar-refractivity contribution >= 4 is 39.0 Å². The van der Waals surface area contributed by atoms with E-state index in [1.54, 1.807) is 7.11 Å². The molecule has 1 fully saturated rings. The van der Waals surface area contributed by atoms with Crippen molar-refractivity contribution in [1.82, 2.24) is 9.97 Å². The van der Waals surface area contributed by atoms with E-state index in [1.807, 2.05) is 31.2 Å². The topological polar surface area (TPSA) is 73.3 Å². The summed E-state index contributed by atoms with van der Waals surface area (Å²) in [6.07, 6.45) is 6.95. The molecule has 0 amide bonds. The second-order valence-corrected chi connectivity index (χ2v) is 7.98. The lowest BCUT2D eigenvalue weighted by Gasteiger charge is -2.21. The van der Waals surface area contributed by atoms with Crippen LogP contribution in [0.3, 0.4) is 0 Å². The van der Waals surface area contributed by atoms with E-state index in [1.165, 1.54) is 24.1 Å². The number of aromatic nitrogens is 2. The average molecular weight is 398 g/mol. The molecule has 0 bridgehead atoms. The molecule has 1 saturated carbocycles. The SMILES string of the molecule is COc1ccc(Nc2ncnc3sc(C(=O)OC4CCCCC4)c(C)c23)cc1. The van der Waals surface area contributed by atoms with Crippen LogP contribution in [-0.2, 0) is 4.74 Å². The minimum absolute atomic E-state index is 0.0360. The number of benzene rings is 1. The number of nitrogens with one attached hydrogen (secondary N) is 1. The fourth-order valence-electron chi connectivity index (χ4n) is 3.56. The van der Waals surface area contributed by atoms with Gasteiger partial charge in [-0.05, 0) is 62.4 Å². The van der Waals surface area contributed by atoms with E-state index in [0.29, 0.717) is 10.7 Å². The van der Waals surface area contributed by atoms with E-state index < -0.39 is 0 Å². The minimum atomic E-state index is -0.247. The molecule has 3 aromatic rings. The third kappa shape index (κ3) is 3.80. The number of anilines is 2. The second-order valence-electron chi connectivity index (χ2n) is 6.98. The van der Waals surface area contributed by atoms with E-state index >= 15 is 0 Å². The van der Waals surface area contributed by atoms with Crippen LogP contribution in [0.1, 0.15) is 47.3 Å². The highest BCUT2D eigenvalue weighted by Gasteiger charge is 2.24. The van der Waals surface area contributed by atoms with Crippen molar-refractivity contribution in [1.29, 1.82) is 0 Å². The van der Waals surface area contributed by atoms with Crippen molar-refractivity contribution in [2.75, 3.05) is 12.4 Å². The van der Waals surface area contributed by atoms with Crippen LogP contribution in [0.15, 0.2) is 30.6 Å². The summed E-state index contributed by atoms with van der Waals surface area (Å²) in [6.45, 7) is 1.93. The molecule has 1 aliphatic rings. The smallest absolute Gasteiger partial charge is 0.348 e. The highest BCUT2D eigenvalue weighted by molar-refractivity contribution is 7.20. The maximum absolute atomic E-state index is 12.7. The lowest BCUT2D eigenvalue weighted by Crippen LogP contribution is -2.20. The van der Waals surface area contributed by atoms with Gasteiger partial charge in [0.2, 0.25) is 0 Å². The number of fused-ring (bicyclic) bond motifs is 1. The van der Waals surface area contributed by atoms with Crippen molar-refractivity contribution in [3.05, 3.63) is 41.0 Å². The van der Waals surface area contributed by atoms with Crippen molar-refractivity contribution in [3.63, 3.8) is 0 Å². The third-order valence-electron chi connectivity index (χ3n) is 5.09. The highest BCUT2D eigenvalue weighted by atomic mass is 32.1. The molecule has 4 rings (SSSR count). The summed E-state index contributed by atoms with van der Waals surface area (Å²) < 4.78 is 11.0. The quantitative estimate of drug-likeness (QED) is 0.594. The maximum atomic E-state index is 12.7. The molecule has 0 radical (unpaired) electrons. The molecule has 2 aromatic heterocycles. The predicted octanol–water partition coefficient (Wildman–Crippen LogP) is 5.24. The fourth-order valence-corrected chi connectivity index (χ4v) is 4.59. The zero-order valence-electron chi connectivity index (χ0n) is 16.0. The Morgan fingerprint density at radius 2 is 1.89 bits per heavy atom. The van der Waals surface area contributed by atoms with Gasteiger partial charge in [0.1, 0.15) is 33.7 Å². The number of carbonyl (C=O) groups excluding carboxylic acids is 1. The van der Waals surface area contributed by atoms with E-state index in [0.717, 1.165) is 52.9 Å². The van der Waals surface area contributed by atoms with Crippen LogP contribution >= 0.6 is 11.3 Å². The summed E-state index contributed by atoms with van der Waals surface area (Å²) in [7, 11) is 1.64. The monoisotopic (exact) mass is 397 g/mol. The Hall–Kier alpha value is -2.67. The molecule has 0 unspecified atom stereocenters. The van der Waals surface area contributed by atoms with Crippen LogP contribution in [-0.4, -0.2) is 29.2 Å². The Kier molecular flexibility index (Phi) is 5.43. The van der Waals surface area contributed by atoms with E-state index in [4.69, 9.17) is 9.47 Å². The molecule has 0 aliphatic heterocycles. The summed E-state index contributed by atoms with van der Waals surface area (Å²) in [5.41, 5.74) is 1.75. The van der Waals surface area contributed by atoms with E-state index in [-0.39, 0.29) is 12.1 Å². The Morgan fingerprint density at radius 3 is 2.61 bits per heavy atom. The number of hydrogen-bond donors (Lipinski definition) is 1. The Morgan fingerprint density at radius 1 is 1.14 bits per heavy atom. The number of nitrogens with zero attached hydrogens (tertiary/aromatic N) is 2. The zero-order valence-corrected chi connectivity index (χ0v) is 16.8. The number of thiophene rings is 1. The molecular weight excluding hydrogens is 374 g/mol. The van der Waals surface area contributed by atoms with Crippen LogP contribution in [0.25, 0.3) is 10.2 Å². The molecule has 0 spiro atoms. The normalized spacial score (nSPS) is 14.8. The molecule has 2 heterocycles. The fraction of sp³-hybridized carbons (Fsp3) is 0.381. The Balaban J connectivity index is 1.61. The number of carbonyl (C=O) groups is 1. The zero-order chi connectivity index (χ0) is 19.5. The van der Waals surface area contributed by atoms with Crippen molar-refractivity contribution in [2.24, 2.45) is 0 Å². The molecule has 6 nitrogen and oxygen atoms in total. The van der Waals surface area contributed by atoms with Gasteiger partial charge in [0, 0.05) is 5.69 Å². The number of ether oxygens (including phenoxy) is 2. The first kappa shape index (κ1) is 18.7. The number of hydrogen-bond acceptors (Lipinski definition) is 7. The molecule has 28 heavy (non-hydrogen) atoms. The van der Waals surface area contributed by atoms with Gasteiger partial charge < -0.3 is 14.8 Å². The van der Waals surface area contributed by atoms with Gasteiger partial charge in [-0.15, -0.1) is 11.3 Å². The van der Waals surface area contributed by atoms with E-state index in [9.17, 15) is 4.79 Å². The van der Waals surface area contributed by atoms with Gasteiger partial charge in [0.05, 0.1) is 12.5 Å². The maximum Gasteiger partial charge on any atom is 0.348 e. The Labute approximate surface area is 167 Å². The van der Waals surface area contributed by atoms with Gasteiger partial charge in [0.15, 0.2) is 0 Å². The van der Waals surface area contributed by atoms with Gasteiger partial charge in [0.25, 0.3) is 0 Å². The highest BCUT2D eigenvalue weighted by Crippen LogP contribution is 2.35. The van der Waals surface area contributed by atoms with E-state index in [2.05, 4.69) is 15.3 Å². The number of aryl methyl sites for hydroxylation is 1. The van der Waals surface area contributed by atoms with Gasteiger partial charge in [-0.25, -0.2) is 14.8 Å². The molecule has 0 saturated heterocycles. The van der Waals surface area contributed by atoms with Crippen molar-refractivity contribution < 1.29 is 14.3 Å². The second kappa shape index (κ2) is 8.14. The van der Waals surface area contributed by atoms with Gasteiger partial charge >= 0.3 is 5.97 Å². The molecule has 1 aromatic carbocycles. The number of methoxy groups -OCH3 is 1. The van der Waals surface area contributed by atoms with Crippen LogP contribution in [0.4, 0.5) is 11.5 Å². The lowest BCUT2D eigenvalue weighted by atomic mass is 9.98. The molecule has 146 valence electrons. The Bertz CT molecular complexity index is 978. The summed E-state index contributed by atoms with van der Waals surface area (Å²) in [4.78, 5) is 22.9. The molecule has 1 N–H and O–H groups in total. The van der Waals surface area contributed by atoms with Gasteiger partial charge in [-0.2, -0.15) is 0 Å². The summed E-state index contributed by atoms with van der Waals surface area (Å²) in [5, 5.41) is 4.18. The summed E-state index contributed by atoms with van der Waals surface area (Å²) in [6, 6.07) is 7.61. The minimum Gasteiger partial charge on any atom is -0.497 e. The van der Waals surface area contributed by atoms with Gasteiger partial charge in [-0.1, -0.05) is 6.42 Å². The van der Waals surface area contributed by atoms with Crippen LogP contribution < -0.4 is 10.1 Å². The standard InChI is InChI=1S/C21H23N3O3S/c1-13-17-19(24-14-8-10-15(26-2)11-9-14)22-12-23-20(17)28-18(13)21(25)27-16-6-4-3-5-7-16/h8-12,16H,3-7H2,1-2H3,(H,22,23,24). The largest absolute Gasteiger partial charge is 0.497 e. The summed E-state index contributed by atoms with van der Waals surface area (Å²) in [5.74, 6) is 1.22. The average Bonchev–Trinajstić information content (AvgIpc) is 3.07. The first-order valence-electron chi connectivity index (χ1n) is 9.52. The molecule has 7 heteroatoms. The van der Waals surface area contributed by atoms with Crippen LogP contribution in [0, 0.1) is 6.92 Å². The van der Waals surface area contributed by atoms with Crippen molar-refractivity contribution in [3.8, 4) is 5.75 Å². The first-order valence-corrected chi connectivity index (χ1v) is 10.3. The first-order chi connectivity index (χ1) is 13.7. The summed E-state index contributed by atoms with van der Waals surface area (Å²) >= 11 is 1.37. The number of rotatable bonds is 5. The van der Waals surface area contributed by atoms with Crippen molar-refractivity contribution in [2.45, 2.75) is 45.1 Å². The predicted molar refractivity (Wildman–Crippen MR) is 111 cm³/mol. The lowest BCUT2D eigenvalue weighted by molar-refractivity contribution is 0.0216. The third-order valence-corrected chi connectivity index (χ3v) is 6.27. The number of esters is 1. The molecule has 0 atom stereocenters.